The van der Waals surface area contributed by atoms with Gasteiger partial charge in [0.2, 0.25) is 0 Å². The molecule has 1 saturated carbocycles. The Balaban J connectivity index is 1.78. The number of anilines is 2. The standard InChI is InChI=1S/C18H29N3O2/c1-18(2)17(22)16(21-8-7-11-5-3-4-6-11)12-9-13(19)14(20)10-15(12)23-18/h9-11,16-17,21-22H,3-8,19-20H2,1-2H3. The number of hydrogen-bond acceptors (Lipinski definition) is 5. The van der Waals surface area contributed by atoms with Crippen LogP contribution in [0.25, 0.3) is 0 Å². The van der Waals surface area contributed by atoms with E-state index in [1.165, 1.54) is 25.7 Å². The van der Waals surface area contributed by atoms with Gasteiger partial charge in [0.15, 0.2) is 0 Å². The molecule has 2 aliphatic rings. The Labute approximate surface area is 138 Å². The molecule has 1 aliphatic heterocycles. The van der Waals surface area contributed by atoms with Gasteiger partial charge >= 0.3 is 0 Å². The van der Waals surface area contributed by atoms with Crippen LogP contribution in [0.15, 0.2) is 12.1 Å². The van der Waals surface area contributed by atoms with Crippen molar-refractivity contribution in [3.05, 3.63) is 17.7 Å². The Kier molecular flexibility index (Phi) is 4.43. The van der Waals surface area contributed by atoms with Crippen molar-refractivity contribution in [3.63, 3.8) is 0 Å². The van der Waals surface area contributed by atoms with E-state index in [-0.39, 0.29) is 6.04 Å². The summed E-state index contributed by atoms with van der Waals surface area (Å²) in [5.74, 6) is 1.54. The molecule has 0 radical (unpaired) electrons. The fourth-order valence-corrected chi connectivity index (χ4v) is 3.84. The van der Waals surface area contributed by atoms with Crippen LogP contribution in [0, 0.1) is 5.92 Å². The molecule has 3 rings (SSSR count). The van der Waals surface area contributed by atoms with Crippen LogP contribution in [0.2, 0.25) is 0 Å². The summed E-state index contributed by atoms with van der Waals surface area (Å²) < 4.78 is 5.95. The Morgan fingerprint density at radius 3 is 2.57 bits per heavy atom. The molecule has 5 heteroatoms. The predicted octanol–water partition coefficient (Wildman–Crippen LogP) is 2.59. The first-order valence-corrected chi connectivity index (χ1v) is 8.68. The Morgan fingerprint density at radius 2 is 1.87 bits per heavy atom. The SMILES string of the molecule is CC1(C)Oc2cc(N)c(N)cc2C(NCCC2CCCC2)C1O. The molecule has 0 amide bonds. The van der Waals surface area contributed by atoms with Gasteiger partial charge in [-0.15, -0.1) is 0 Å². The molecule has 1 fully saturated rings. The summed E-state index contributed by atoms with van der Waals surface area (Å²) in [6.45, 7) is 4.70. The summed E-state index contributed by atoms with van der Waals surface area (Å²) in [7, 11) is 0. The number of nitrogen functional groups attached to an aromatic ring is 2. The van der Waals surface area contributed by atoms with Crippen LogP contribution in [0.5, 0.6) is 5.75 Å². The highest BCUT2D eigenvalue weighted by Crippen LogP contribution is 2.42. The van der Waals surface area contributed by atoms with E-state index in [1.54, 1.807) is 6.07 Å². The van der Waals surface area contributed by atoms with Crippen LogP contribution >= 0.6 is 0 Å². The first-order chi connectivity index (χ1) is 10.9. The van der Waals surface area contributed by atoms with Gasteiger partial charge in [-0.1, -0.05) is 25.7 Å². The van der Waals surface area contributed by atoms with Gasteiger partial charge < -0.3 is 26.6 Å². The molecule has 0 bridgehead atoms. The highest BCUT2D eigenvalue weighted by atomic mass is 16.5. The van der Waals surface area contributed by atoms with Gasteiger partial charge in [-0.3, -0.25) is 0 Å². The molecule has 0 spiro atoms. The van der Waals surface area contributed by atoms with Gasteiger partial charge in [0, 0.05) is 11.6 Å². The summed E-state index contributed by atoms with van der Waals surface area (Å²) in [5.41, 5.74) is 13.1. The Morgan fingerprint density at radius 1 is 1.22 bits per heavy atom. The maximum Gasteiger partial charge on any atom is 0.131 e. The molecule has 5 nitrogen and oxygen atoms in total. The molecule has 1 aromatic carbocycles. The number of nitrogens with two attached hydrogens (primary N) is 2. The van der Waals surface area contributed by atoms with Crippen molar-refractivity contribution in [2.75, 3.05) is 18.0 Å². The number of rotatable bonds is 4. The van der Waals surface area contributed by atoms with Gasteiger partial charge in [0.05, 0.1) is 17.4 Å². The number of hydrogen-bond donors (Lipinski definition) is 4. The van der Waals surface area contributed by atoms with E-state index in [9.17, 15) is 5.11 Å². The van der Waals surface area contributed by atoms with Crippen molar-refractivity contribution < 1.29 is 9.84 Å². The van der Waals surface area contributed by atoms with Gasteiger partial charge in [-0.05, 0) is 38.8 Å². The zero-order chi connectivity index (χ0) is 16.6. The molecule has 2 atom stereocenters. The molecular formula is C18H29N3O2. The molecule has 1 heterocycles. The second-order valence-electron chi connectivity index (χ2n) is 7.54. The normalized spacial score (nSPS) is 26.7. The number of benzene rings is 1. The first-order valence-electron chi connectivity index (χ1n) is 8.68. The van der Waals surface area contributed by atoms with E-state index in [0.717, 1.165) is 24.4 Å². The van der Waals surface area contributed by atoms with E-state index < -0.39 is 11.7 Å². The second-order valence-corrected chi connectivity index (χ2v) is 7.54. The van der Waals surface area contributed by atoms with Crippen LogP contribution in [0.3, 0.4) is 0 Å². The van der Waals surface area contributed by atoms with Gasteiger partial charge in [0.25, 0.3) is 0 Å². The lowest BCUT2D eigenvalue weighted by Gasteiger charge is -2.42. The predicted molar refractivity (Wildman–Crippen MR) is 93.3 cm³/mol. The van der Waals surface area contributed by atoms with Crippen LogP contribution in [-0.4, -0.2) is 23.4 Å². The van der Waals surface area contributed by atoms with E-state index in [1.807, 2.05) is 19.9 Å². The molecule has 23 heavy (non-hydrogen) atoms. The quantitative estimate of drug-likeness (QED) is 0.640. The minimum Gasteiger partial charge on any atom is -0.485 e. The fourth-order valence-electron chi connectivity index (χ4n) is 3.84. The summed E-state index contributed by atoms with van der Waals surface area (Å²) in [4.78, 5) is 0. The largest absolute Gasteiger partial charge is 0.485 e. The Bertz CT molecular complexity index is 568. The summed E-state index contributed by atoms with van der Waals surface area (Å²) >= 11 is 0. The van der Waals surface area contributed by atoms with Crippen molar-refractivity contribution in [2.24, 2.45) is 5.92 Å². The number of nitrogens with one attached hydrogen (secondary N) is 1. The maximum absolute atomic E-state index is 10.7. The lowest BCUT2D eigenvalue weighted by Crippen LogP contribution is -2.52. The number of ether oxygens (including phenoxy) is 1. The third-order valence-electron chi connectivity index (χ3n) is 5.34. The maximum atomic E-state index is 10.7. The van der Waals surface area contributed by atoms with E-state index in [4.69, 9.17) is 16.2 Å². The zero-order valence-corrected chi connectivity index (χ0v) is 14.1. The average molecular weight is 319 g/mol. The fraction of sp³-hybridized carbons (Fsp3) is 0.667. The Hall–Kier alpha value is -1.46. The zero-order valence-electron chi connectivity index (χ0n) is 14.1. The second kappa shape index (κ2) is 6.21. The van der Waals surface area contributed by atoms with Gasteiger partial charge in [-0.25, -0.2) is 0 Å². The third kappa shape index (κ3) is 3.26. The topological polar surface area (TPSA) is 93.5 Å². The van der Waals surface area contributed by atoms with E-state index >= 15 is 0 Å². The van der Waals surface area contributed by atoms with Crippen molar-refractivity contribution in [1.82, 2.24) is 5.32 Å². The molecule has 1 aliphatic carbocycles. The number of aliphatic hydroxyl groups excluding tert-OH is 1. The molecule has 2 unspecified atom stereocenters. The monoisotopic (exact) mass is 319 g/mol. The smallest absolute Gasteiger partial charge is 0.131 e. The van der Waals surface area contributed by atoms with Gasteiger partial charge in [-0.2, -0.15) is 0 Å². The molecule has 6 N–H and O–H groups in total. The lowest BCUT2D eigenvalue weighted by molar-refractivity contribution is -0.0645. The van der Waals surface area contributed by atoms with Crippen LogP contribution in [0.1, 0.15) is 57.6 Å². The molecule has 0 saturated heterocycles. The summed E-state index contributed by atoms with van der Waals surface area (Å²) in [5, 5.41) is 14.3. The van der Waals surface area contributed by atoms with Crippen molar-refractivity contribution in [3.8, 4) is 5.75 Å². The van der Waals surface area contributed by atoms with Crippen LogP contribution in [0.4, 0.5) is 11.4 Å². The van der Waals surface area contributed by atoms with Crippen molar-refractivity contribution in [2.45, 2.75) is 63.7 Å². The van der Waals surface area contributed by atoms with E-state index in [0.29, 0.717) is 17.1 Å². The van der Waals surface area contributed by atoms with E-state index in [2.05, 4.69) is 5.32 Å². The van der Waals surface area contributed by atoms with Crippen molar-refractivity contribution >= 4 is 11.4 Å². The number of aliphatic hydroxyl groups is 1. The minimum absolute atomic E-state index is 0.182. The molecule has 128 valence electrons. The summed E-state index contributed by atoms with van der Waals surface area (Å²) in [6.07, 6.45) is 5.91. The highest BCUT2D eigenvalue weighted by molar-refractivity contribution is 5.68. The molecular weight excluding hydrogens is 290 g/mol. The minimum atomic E-state index is -0.666. The summed E-state index contributed by atoms with van der Waals surface area (Å²) in [6, 6.07) is 3.42. The number of fused-ring (bicyclic) bond motifs is 1. The van der Waals surface area contributed by atoms with Crippen molar-refractivity contribution in [1.29, 1.82) is 0 Å². The van der Waals surface area contributed by atoms with Gasteiger partial charge in [0.1, 0.15) is 17.5 Å². The average Bonchev–Trinajstić information content (AvgIpc) is 2.99. The van der Waals surface area contributed by atoms with Crippen LogP contribution < -0.4 is 21.5 Å². The highest BCUT2D eigenvalue weighted by Gasteiger charge is 2.43. The van der Waals surface area contributed by atoms with Crippen LogP contribution in [-0.2, 0) is 0 Å². The first kappa shape index (κ1) is 16.4. The third-order valence-corrected chi connectivity index (χ3v) is 5.34. The molecule has 1 aromatic rings. The lowest BCUT2D eigenvalue weighted by atomic mass is 9.86. The molecule has 0 aromatic heterocycles.